The van der Waals surface area contributed by atoms with E-state index < -0.39 is 6.04 Å². The number of carbonyl (C=O) groups is 1. The van der Waals surface area contributed by atoms with Crippen LogP contribution in [0.2, 0.25) is 0 Å². The normalized spacial score (nSPS) is 10.9. The van der Waals surface area contributed by atoms with E-state index in [0.29, 0.717) is 12.1 Å². The maximum atomic E-state index is 12.5. The van der Waals surface area contributed by atoms with E-state index >= 15 is 0 Å². The SMILES string of the molecule is C#CCNC(C(=O)c1ccccc1)c1ccccc1.Cl. The summed E-state index contributed by atoms with van der Waals surface area (Å²) < 4.78 is 0. The van der Waals surface area contributed by atoms with Crippen LogP contribution in [0.25, 0.3) is 0 Å². The summed E-state index contributed by atoms with van der Waals surface area (Å²) in [5.74, 6) is 2.54. The number of Topliss-reactive ketones (excluding diaryl/α,β-unsaturated/α-hetero) is 1. The summed E-state index contributed by atoms with van der Waals surface area (Å²) in [6.45, 7) is 0.359. The lowest BCUT2D eigenvalue weighted by atomic mass is 9.97. The molecule has 1 N–H and O–H groups in total. The summed E-state index contributed by atoms with van der Waals surface area (Å²) in [7, 11) is 0. The molecule has 1 atom stereocenters. The van der Waals surface area contributed by atoms with Gasteiger partial charge in [0.2, 0.25) is 0 Å². The van der Waals surface area contributed by atoms with Gasteiger partial charge < -0.3 is 0 Å². The minimum Gasteiger partial charge on any atom is -0.293 e. The number of nitrogens with one attached hydrogen (secondary N) is 1. The van der Waals surface area contributed by atoms with E-state index in [-0.39, 0.29) is 18.2 Å². The van der Waals surface area contributed by atoms with E-state index in [1.54, 1.807) is 0 Å². The Morgan fingerprint density at radius 2 is 1.60 bits per heavy atom. The van der Waals surface area contributed by atoms with Gasteiger partial charge in [-0.1, -0.05) is 66.6 Å². The maximum Gasteiger partial charge on any atom is 0.184 e. The Morgan fingerprint density at radius 1 is 1.05 bits per heavy atom. The number of rotatable bonds is 5. The first kappa shape index (κ1) is 16.0. The standard InChI is InChI=1S/C17H15NO.ClH/c1-2-13-18-16(14-9-5-3-6-10-14)17(19)15-11-7-4-8-12-15;/h1,3-12,16,18H,13H2;1H. The van der Waals surface area contributed by atoms with Crippen LogP contribution in [0.1, 0.15) is 22.0 Å². The van der Waals surface area contributed by atoms with Crippen molar-refractivity contribution in [3.8, 4) is 12.3 Å². The molecule has 0 aliphatic rings. The van der Waals surface area contributed by atoms with Gasteiger partial charge in [0.05, 0.1) is 12.6 Å². The van der Waals surface area contributed by atoms with Gasteiger partial charge in [-0.05, 0) is 5.56 Å². The van der Waals surface area contributed by atoms with Crippen LogP contribution in [0.15, 0.2) is 60.7 Å². The molecule has 0 aliphatic heterocycles. The van der Waals surface area contributed by atoms with Crippen molar-refractivity contribution in [2.24, 2.45) is 0 Å². The molecule has 2 aromatic carbocycles. The van der Waals surface area contributed by atoms with Crippen LogP contribution in [0.5, 0.6) is 0 Å². The molecule has 1 unspecified atom stereocenters. The van der Waals surface area contributed by atoms with Gasteiger partial charge in [0.15, 0.2) is 5.78 Å². The van der Waals surface area contributed by atoms with Gasteiger partial charge in [-0.3, -0.25) is 10.1 Å². The number of hydrogen-bond acceptors (Lipinski definition) is 2. The second kappa shape index (κ2) is 8.16. The molecule has 2 nitrogen and oxygen atoms in total. The van der Waals surface area contributed by atoms with Gasteiger partial charge in [-0.25, -0.2) is 0 Å². The smallest absolute Gasteiger partial charge is 0.184 e. The van der Waals surface area contributed by atoms with Crippen molar-refractivity contribution in [3.63, 3.8) is 0 Å². The van der Waals surface area contributed by atoms with Crippen molar-refractivity contribution in [2.75, 3.05) is 6.54 Å². The monoisotopic (exact) mass is 285 g/mol. The molecular formula is C17H16ClNO. The average Bonchev–Trinajstić information content (AvgIpc) is 2.49. The van der Waals surface area contributed by atoms with E-state index in [1.807, 2.05) is 60.7 Å². The number of carbonyl (C=O) groups excluding carboxylic acids is 1. The second-order valence-electron chi connectivity index (χ2n) is 4.16. The van der Waals surface area contributed by atoms with Gasteiger partial charge >= 0.3 is 0 Å². The number of halogens is 1. The van der Waals surface area contributed by atoms with Crippen molar-refractivity contribution in [1.29, 1.82) is 0 Å². The highest BCUT2D eigenvalue weighted by molar-refractivity contribution is 6.00. The molecule has 0 aromatic heterocycles. The van der Waals surface area contributed by atoms with Crippen molar-refractivity contribution in [2.45, 2.75) is 6.04 Å². The van der Waals surface area contributed by atoms with Crippen LogP contribution in [0.3, 0.4) is 0 Å². The molecule has 0 bridgehead atoms. The Hall–Kier alpha value is -2.08. The van der Waals surface area contributed by atoms with Crippen LogP contribution in [0.4, 0.5) is 0 Å². The van der Waals surface area contributed by atoms with E-state index in [1.165, 1.54) is 0 Å². The Balaban J connectivity index is 0.00000200. The lowest BCUT2D eigenvalue weighted by molar-refractivity contribution is 0.0945. The van der Waals surface area contributed by atoms with E-state index in [9.17, 15) is 4.79 Å². The zero-order valence-electron chi connectivity index (χ0n) is 11.0. The highest BCUT2D eigenvalue weighted by atomic mass is 35.5. The first-order chi connectivity index (χ1) is 9.33. The Morgan fingerprint density at radius 3 is 2.15 bits per heavy atom. The minimum atomic E-state index is -0.403. The molecular weight excluding hydrogens is 270 g/mol. The first-order valence-corrected chi connectivity index (χ1v) is 6.14. The number of benzene rings is 2. The van der Waals surface area contributed by atoms with Crippen LogP contribution < -0.4 is 5.32 Å². The fraction of sp³-hybridized carbons (Fsp3) is 0.118. The van der Waals surface area contributed by atoms with E-state index in [4.69, 9.17) is 6.42 Å². The molecule has 20 heavy (non-hydrogen) atoms. The fourth-order valence-corrected chi connectivity index (χ4v) is 1.94. The number of terminal acetylenes is 1. The third-order valence-corrected chi connectivity index (χ3v) is 2.86. The zero-order chi connectivity index (χ0) is 13.5. The molecule has 102 valence electrons. The molecule has 0 fully saturated rings. The first-order valence-electron chi connectivity index (χ1n) is 6.14. The summed E-state index contributed by atoms with van der Waals surface area (Å²) in [4.78, 5) is 12.5. The van der Waals surface area contributed by atoms with Crippen LogP contribution in [0, 0.1) is 12.3 Å². The highest BCUT2D eigenvalue weighted by Crippen LogP contribution is 2.18. The van der Waals surface area contributed by atoms with Crippen LogP contribution in [-0.4, -0.2) is 12.3 Å². The summed E-state index contributed by atoms with van der Waals surface area (Å²) >= 11 is 0. The van der Waals surface area contributed by atoms with Gasteiger partial charge in [0.1, 0.15) is 0 Å². The Labute approximate surface area is 125 Å². The molecule has 0 amide bonds. The van der Waals surface area contributed by atoms with E-state index in [2.05, 4.69) is 11.2 Å². The molecule has 0 heterocycles. The molecule has 0 saturated heterocycles. The quantitative estimate of drug-likeness (QED) is 0.675. The van der Waals surface area contributed by atoms with Crippen molar-refractivity contribution in [1.82, 2.24) is 5.32 Å². The minimum absolute atomic E-state index is 0. The van der Waals surface area contributed by atoms with Crippen molar-refractivity contribution in [3.05, 3.63) is 71.8 Å². The Bertz CT molecular complexity index is 575. The average molecular weight is 286 g/mol. The topological polar surface area (TPSA) is 29.1 Å². The lowest BCUT2D eigenvalue weighted by Crippen LogP contribution is -2.29. The maximum absolute atomic E-state index is 12.5. The molecule has 2 rings (SSSR count). The third kappa shape index (κ3) is 3.96. The van der Waals surface area contributed by atoms with Gasteiger partial charge in [-0.15, -0.1) is 18.8 Å². The van der Waals surface area contributed by atoms with Crippen LogP contribution >= 0.6 is 12.4 Å². The van der Waals surface area contributed by atoms with Gasteiger partial charge in [0, 0.05) is 5.56 Å². The van der Waals surface area contributed by atoms with Crippen molar-refractivity contribution < 1.29 is 4.79 Å². The fourth-order valence-electron chi connectivity index (χ4n) is 1.94. The predicted octanol–water partition coefficient (Wildman–Crippen LogP) is 3.26. The molecule has 2 aromatic rings. The summed E-state index contributed by atoms with van der Waals surface area (Å²) in [6.07, 6.45) is 5.27. The third-order valence-electron chi connectivity index (χ3n) is 2.86. The van der Waals surface area contributed by atoms with Gasteiger partial charge in [0.25, 0.3) is 0 Å². The molecule has 0 spiro atoms. The second-order valence-corrected chi connectivity index (χ2v) is 4.16. The molecule has 0 radical (unpaired) electrons. The van der Waals surface area contributed by atoms with Crippen LogP contribution in [-0.2, 0) is 0 Å². The number of hydrogen-bond donors (Lipinski definition) is 1. The molecule has 0 aliphatic carbocycles. The summed E-state index contributed by atoms with van der Waals surface area (Å²) in [5, 5.41) is 3.10. The summed E-state index contributed by atoms with van der Waals surface area (Å²) in [5.41, 5.74) is 1.60. The van der Waals surface area contributed by atoms with E-state index in [0.717, 1.165) is 5.56 Å². The zero-order valence-corrected chi connectivity index (χ0v) is 11.8. The van der Waals surface area contributed by atoms with Crippen molar-refractivity contribution >= 4 is 18.2 Å². The number of ketones is 1. The lowest BCUT2D eigenvalue weighted by Gasteiger charge is -2.16. The summed E-state index contributed by atoms with van der Waals surface area (Å²) in [6, 6.07) is 18.4. The largest absolute Gasteiger partial charge is 0.293 e. The Kier molecular flexibility index (Phi) is 6.52. The molecule has 0 saturated carbocycles. The predicted molar refractivity (Wildman–Crippen MR) is 84.0 cm³/mol. The molecule has 3 heteroatoms. The highest BCUT2D eigenvalue weighted by Gasteiger charge is 2.20. The van der Waals surface area contributed by atoms with Gasteiger partial charge in [-0.2, -0.15) is 0 Å².